The Labute approximate surface area is 521 Å². The lowest BCUT2D eigenvalue weighted by Crippen LogP contribution is -2.50. The summed E-state index contributed by atoms with van der Waals surface area (Å²) in [4.78, 5) is 116. The van der Waals surface area contributed by atoms with E-state index in [0.717, 1.165) is 9.80 Å². The molecule has 9 aromatic carbocycles. The molecule has 18 nitrogen and oxygen atoms in total. The number of carbonyl (C=O) groups excluding carboxylic acids is 8. The zero-order valence-corrected chi connectivity index (χ0v) is 50.3. The molecule has 0 fully saturated rings. The van der Waals surface area contributed by atoms with E-state index in [1.54, 1.807) is 111 Å². The average Bonchev–Trinajstić information content (AvgIpc) is 0.682. The highest BCUT2D eigenvalue weighted by atomic mass is 35.5. The van der Waals surface area contributed by atoms with E-state index in [2.05, 4.69) is 6.58 Å². The van der Waals surface area contributed by atoms with Gasteiger partial charge in [-0.15, -0.1) is 0 Å². The first-order valence-electron chi connectivity index (χ1n) is 27.3. The van der Waals surface area contributed by atoms with Crippen molar-refractivity contribution >= 4 is 137 Å². The van der Waals surface area contributed by atoms with Crippen molar-refractivity contribution in [3.63, 3.8) is 0 Å². The van der Waals surface area contributed by atoms with Gasteiger partial charge in [-0.1, -0.05) is 66.8 Å². The topological polar surface area (TPSA) is 217 Å². The Morgan fingerprint density at radius 3 is 0.886 bits per heavy atom. The van der Waals surface area contributed by atoms with Crippen molar-refractivity contribution in [2.45, 2.75) is 46.7 Å². The molecule has 2 unspecified atom stereocenters. The van der Waals surface area contributed by atoms with E-state index in [1.807, 2.05) is 0 Å². The van der Waals surface area contributed by atoms with Crippen LogP contribution in [0.25, 0.3) is 43.1 Å². The van der Waals surface area contributed by atoms with E-state index >= 15 is 19.2 Å². The highest BCUT2D eigenvalue weighted by molar-refractivity contribution is 6.45. The quantitative estimate of drug-likeness (QED) is 0.0132. The van der Waals surface area contributed by atoms with E-state index in [0.29, 0.717) is 20.1 Å². The normalized spacial score (nSPS) is 13.5. The maximum Gasteiger partial charge on any atom is 0.333 e. The minimum absolute atomic E-state index is 0.0500. The molecular formula is C66H48Cl4N2O16. The molecule has 0 bridgehead atoms. The van der Waals surface area contributed by atoms with Gasteiger partial charge >= 0.3 is 23.9 Å². The summed E-state index contributed by atoms with van der Waals surface area (Å²) in [6, 6.07) is 27.7. The summed E-state index contributed by atoms with van der Waals surface area (Å²) < 4.78 is 48.8. The zero-order valence-electron chi connectivity index (χ0n) is 47.3. The van der Waals surface area contributed by atoms with Crippen LogP contribution >= 0.6 is 46.4 Å². The highest BCUT2D eigenvalue weighted by Crippen LogP contribution is 2.58. The van der Waals surface area contributed by atoms with E-state index in [9.17, 15) is 19.2 Å². The van der Waals surface area contributed by atoms with Gasteiger partial charge in [0, 0.05) is 68.8 Å². The van der Waals surface area contributed by atoms with Gasteiger partial charge < -0.3 is 37.9 Å². The molecule has 88 heavy (non-hydrogen) atoms. The third kappa shape index (κ3) is 11.3. The molecule has 0 saturated heterocycles. The SMILES string of the molecule is C=C(C)C(=O)OCCOC(=O)C(C)N1C(=O)c2cc(Oc3ccc(Cl)cc3)c3c4c(Oc5ccc(Cl)cc5)cc5c6c(cc(Oc7ccc(Cl)cc7)c(c7c(Oc8ccc(Cl)cc8)cc(c2c37)C1=O)c64)C(=O)N(C(C)C(=O)OCCOC(=O)C(C)C)C5=O. The van der Waals surface area contributed by atoms with Crippen molar-refractivity contribution in [3.8, 4) is 46.0 Å². The third-order valence-corrected chi connectivity index (χ3v) is 15.5. The lowest BCUT2D eigenvalue weighted by molar-refractivity contribution is -0.156. The Morgan fingerprint density at radius 1 is 0.386 bits per heavy atom. The number of nitrogens with zero attached hydrogens (tertiary/aromatic N) is 2. The number of fused-ring (bicyclic) bond motifs is 2. The molecule has 9 aromatic rings. The molecule has 4 amide bonds. The zero-order chi connectivity index (χ0) is 62.6. The lowest BCUT2D eigenvalue weighted by atomic mass is 9.80. The minimum Gasteiger partial charge on any atom is -0.462 e. The summed E-state index contributed by atoms with van der Waals surface area (Å²) in [5.74, 6) is -6.94. The second-order valence-corrected chi connectivity index (χ2v) is 22.5. The number of benzene rings is 9. The van der Waals surface area contributed by atoms with Crippen molar-refractivity contribution in [3.05, 3.63) is 176 Å². The summed E-state index contributed by atoms with van der Waals surface area (Å²) in [6.45, 7) is 9.44. The summed E-state index contributed by atoms with van der Waals surface area (Å²) in [7, 11) is 0. The molecule has 11 rings (SSSR count). The molecule has 446 valence electrons. The molecule has 0 aromatic heterocycles. The van der Waals surface area contributed by atoms with Gasteiger partial charge in [0.1, 0.15) is 84.5 Å². The van der Waals surface area contributed by atoms with Crippen LogP contribution in [-0.2, 0) is 38.1 Å². The smallest absolute Gasteiger partial charge is 0.333 e. The number of halogens is 4. The number of ether oxygens (including phenoxy) is 8. The van der Waals surface area contributed by atoms with Crippen LogP contribution in [-0.4, -0.2) is 95.8 Å². The standard InChI is InChI=1S/C66H48Cl4N2O16/c1-31(2)63(77)81-23-25-83-65(79)33(5)71-59(73)43-27-47(85-39-15-7-35(67)8-16-39)53-55-49(87-41-19-11-37(69)12-20-41)29-45-52-46(62(76)72(61(45)75)34(6)66(80)84-26-24-82-64(78)32(3)4)30-50(88-42-21-13-38(70)14-22-42)56(58(52)55)54-48(86-40-17-9-36(68)10-18-40)28-44(60(71)74)51(43)57(53)54/h7-22,27-30,32-34H,1,23-26H2,2-6H3. The van der Waals surface area contributed by atoms with Crippen LogP contribution in [0, 0.1) is 5.92 Å². The summed E-state index contributed by atoms with van der Waals surface area (Å²) >= 11 is 25.7. The molecule has 0 aliphatic carbocycles. The largest absolute Gasteiger partial charge is 0.462 e. The Bertz CT molecular complexity index is 4200. The van der Waals surface area contributed by atoms with Gasteiger partial charge in [-0.25, -0.2) is 14.4 Å². The van der Waals surface area contributed by atoms with Crippen LogP contribution < -0.4 is 18.9 Å². The number of rotatable bonds is 20. The number of imide groups is 2. The Kier molecular flexibility index (Phi) is 16.7. The lowest BCUT2D eigenvalue weighted by Gasteiger charge is -2.34. The molecule has 22 heteroatoms. The van der Waals surface area contributed by atoms with E-state index in [4.69, 9.17) is 84.3 Å². The molecule has 0 spiro atoms. The molecule has 0 radical (unpaired) electrons. The van der Waals surface area contributed by atoms with Crippen LogP contribution in [0.1, 0.15) is 76.1 Å². The van der Waals surface area contributed by atoms with Crippen LogP contribution in [0.5, 0.6) is 46.0 Å². The molecular weight excluding hydrogens is 1220 g/mol. The third-order valence-electron chi connectivity index (χ3n) is 14.5. The average molecular weight is 1270 g/mol. The van der Waals surface area contributed by atoms with Gasteiger partial charge in [0.2, 0.25) is 0 Å². The molecule has 2 atom stereocenters. The molecule has 2 aliphatic rings. The summed E-state index contributed by atoms with van der Waals surface area (Å²) in [5, 5.41) is 2.40. The minimum atomic E-state index is -1.59. The Hall–Kier alpha value is -9.46. The number of hydrogen-bond donors (Lipinski definition) is 0. The van der Waals surface area contributed by atoms with Crippen molar-refractivity contribution in [2.75, 3.05) is 26.4 Å². The number of amides is 4. The van der Waals surface area contributed by atoms with Gasteiger partial charge in [-0.3, -0.25) is 33.8 Å². The summed E-state index contributed by atoms with van der Waals surface area (Å²) in [5.41, 5.74) is -0.424. The Morgan fingerprint density at radius 2 is 0.636 bits per heavy atom. The fraction of sp³-hybridized carbons (Fsp3) is 0.182. The Balaban J connectivity index is 1.24. The fourth-order valence-corrected chi connectivity index (χ4v) is 10.9. The first kappa shape index (κ1) is 60.2. The van der Waals surface area contributed by atoms with Gasteiger partial charge in [-0.2, -0.15) is 0 Å². The maximum atomic E-state index is 15.5. The van der Waals surface area contributed by atoms with Crippen molar-refractivity contribution < 1.29 is 76.3 Å². The number of esters is 4. The van der Waals surface area contributed by atoms with Crippen LogP contribution in [0.4, 0.5) is 0 Å². The van der Waals surface area contributed by atoms with E-state index in [1.165, 1.54) is 45.0 Å². The molecule has 2 heterocycles. The van der Waals surface area contributed by atoms with Gasteiger partial charge in [0.25, 0.3) is 23.6 Å². The summed E-state index contributed by atoms with van der Waals surface area (Å²) in [6.07, 6.45) is 0. The molecule has 2 aliphatic heterocycles. The predicted molar refractivity (Wildman–Crippen MR) is 327 cm³/mol. The van der Waals surface area contributed by atoms with Gasteiger partial charge in [-0.05, 0) is 142 Å². The van der Waals surface area contributed by atoms with Gasteiger partial charge in [0.05, 0.1) is 28.2 Å². The monoisotopic (exact) mass is 1260 g/mol. The van der Waals surface area contributed by atoms with Crippen molar-refractivity contribution in [1.82, 2.24) is 9.80 Å². The van der Waals surface area contributed by atoms with Gasteiger partial charge in [0.15, 0.2) is 0 Å². The van der Waals surface area contributed by atoms with Crippen LogP contribution in [0.3, 0.4) is 0 Å². The molecule has 0 saturated carbocycles. The van der Waals surface area contributed by atoms with E-state index < -0.39 is 72.1 Å². The first-order valence-corrected chi connectivity index (χ1v) is 28.8. The van der Waals surface area contributed by atoms with Crippen LogP contribution in [0.2, 0.25) is 20.1 Å². The van der Waals surface area contributed by atoms with Crippen molar-refractivity contribution in [1.29, 1.82) is 0 Å². The van der Waals surface area contributed by atoms with Crippen molar-refractivity contribution in [2.24, 2.45) is 5.92 Å². The van der Waals surface area contributed by atoms with E-state index in [-0.39, 0.29) is 137 Å². The first-order chi connectivity index (χ1) is 42.1. The second-order valence-electron chi connectivity index (χ2n) is 20.8. The highest BCUT2D eigenvalue weighted by Gasteiger charge is 2.45. The number of hydrogen-bond acceptors (Lipinski definition) is 16. The number of carbonyl (C=O) groups is 8. The fourth-order valence-electron chi connectivity index (χ4n) is 10.4. The maximum absolute atomic E-state index is 15.5. The predicted octanol–water partition coefficient (Wildman–Crippen LogP) is 14.9. The van der Waals surface area contributed by atoms with Crippen LogP contribution in [0.15, 0.2) is 133 Å². The second kappa shape index (κ2) is 24.4. The molecule has 0 N–H and O–H groups in total.